The van der Waals surface area contributed by atoms with Crippen LogP contribution in [0.25, 0.3) is 9.88 Å². The van der Waals surface area contributed by atoms with Gasteiger partial charge < -0.3 is 0 Å². The van der Waals surface area contributed by atoms with Crippen molar-refractivity contribution in [1.82, 2.24) is 9.97 Å². The number of aromatic nitrogens is 2. The molecule has 4 rings (SSSR count). The standard InChI is InChI=1S/C14H11N3OS3/c18-12(17-14-16-9(6-21-14)8-3-4-8)10-7-20-13(15-10)11-2-1-5-19-11/h1-2,5-8H,3-4H2,(H,16,17,18). The Bertz CT molecular complexity index is 771. The summed E-state index contributed by atoms with van der Waals surface area (Å²) in [7, 11) is 0. The molecule has 3 aromatic heterocycles. The van der Waals surface area contributed by atoms with Crippen LogP contribution in [-0.4, -0.2) is 15.9 Å². The maximum Gasteiger partial charge on any atom is 0.276 e. The molecule has 0 unspecified atom stereocenters. The zero-order valence-corrected chi connectivity index (χ0v) is 13.4. The number of anilines is 1. The molecule has 1 N–H and O–H groups in total. The molecule has 0 aliphatic heterocycles. The van der Waals surface area contributed by atoms with Crippen LogP contribution in [0.4, 0.5) is 5.13 Å². The van der Waals surface area contributed by atoms with Gasteiger partial charge in [0.05, 0.1) is 10.6 Å². The summed E-state index contributed by atoms with van der Waals surface area (Å²) in [4.78, 5) is 22.1. The minimum absolute atomic E-state index is 0.189. The number of thiophene rings is 1. The van der Waals surface area contributed by atoms with Crippen molar-refractivity contribution in [3.8, 4) is 9.88 Å². The van der Waals surface area contributed by atoms with Crippen molar-refractivity contribution in [2.24, 2.45) is 0 Å². The molecule has 0 bridgehead atoms. The number of rotatable bonds is 4. The van der Waals surface area contributed by atoms with Crippen LogP contribution in [0.1, 0.15) is 34.9 Å². The lowest BCUT2D eigenvalue weighted by Crippen LogP contribution is -2.12. The first-order valence-electron chi connectivity index (χ1n) is 6.56. The second-order valence-corrected chi connectivity index (χ2v) is 7.49. The van der Waals surface area contributed by atoms with Gasteiger partial charge in [-0.05, 0) is 24.3 Å². The van der Waals surface area contributed by atoms with E-state index in [9.17, 15) is 4.79 Å². The predicted molar refractivity (Wildman–Crippen MR) is 87.5 cm³/mol. The molecule has 0 aromatic carbocycles. The molecule has 3 aromatic rings. The van der Waals surface area contributed by atoms with Gasteiger partial charge >= 0.3 is 0 Å². The number of amides is 1. The molecule has 0 radical (unpaired) electrons. The Morgan fingerprint density at radius 3 is 2.86 bits per heavy atom. The van der Waals surface area contributed by atoms with Gasteiger partial charge in [-0.2, -0.15) is 0 Å². The number of nitrogens with zero attached hydrogens (tertiary/aromatic N) is 2. The van der Waals surface area contributed by atoms with E-state index < -0.39 is 0 Å². The number of thiazole rings is 2. The first-order chi connectivity index (χ1) is 10.3. The first-order valence-corrected chi connectivity index (χ1v) is 9.19. The van der Waals surface area contributed by atoms with Crippen molar-refractivity contribution in [3.05, 3.63) is 39.7 Å². The molecule has 4 nitrogen and oxygen atoms in total. The van der Waals surface area contributed by atoms with Gasteiger partial charge in [-0.1, -0.05) is 6.07 Å². The summed E-state index contributed by atoms with van der Waals surface area (Å²) in [5.74, 6) is 0.419. The average molecular weight is 333 g/mol. The third-order valence-corrected chi connectivity index (χ3v) is 5.86. The van der Waals surface area contributed by atoms with Crippen LogP contribution in [0.15, 0.2) is 28.3 Å². The summed E-state index contributed by atoms with van der Waals surface area (Å²) in [6.07, 6.45) is 2.43. The van der Waals surface area contributed by atoms with Crippen LogP contribution in [0, 0.1) is 0 Å². The number of hydrogen-bond donors (Lipinski definition) is 1. The molecule has 1 amide bonds. The van der Waals surface area contributed by atoms with E-state index in [2.05, 4.69) is 15.3 Å². The largest absolute Gasteiger partial charge is 0.296 e. The quantitative estimate of drug-likeness (QED) is 0.767. The minimum atomic E-state index is -0.189. The van der Waals surface area contributed by atoms with E-state index in [1.165, 1.54) is 35.5 Å². The Morgan fingerprint density at radius 1 is 1.19 bits per heavy atom. The molecular formula is C14H11N3OS3. The van der Waals surface area contributed by atoms with E-state index in [4.69, 9.17) is 0 Å². The van der Waals surface area contributed by atoms with E-state index in [0.29, 0.717) is 16.7 Å². The number of hydrogen-bond acceptors (Lipinski definition) is 6. The van der Waals surface area contributed by atoms with E-state index in [1.54, 1.807) is 16.7 Å². The highest BCUT2D eigenvalue weighted by Gasteiger charge is 2.26. The Labute approximate surface area is 133 Å². The van der Waals surface area contributed by atoms with Crippen LogP contribution in [0.5, 0.6) is 0 Å². The fraction of sp³-hybridized carbons (Fsp3) is 0.214. The third kappa shape index (κ3) is 2.76. The van der Waals surface area contributed by atoms with E-state index in [0.717, 1.165) is 15.6 Å². The predicted octanol–water partition coefficient (Wildman–Crippen LogP) is 4.46. The van der Waals surface area contributed by atoms with Gasteiger partial charge in [-0.3, -0.25) is 10.1 Å². The van der Waals surface area contributed by atoms with Gasteiger partial charge in [0.2, 0.25) is 0 Å². The summed E-state index contributed by atoms with van der Waals surface area (Å²) >= 11 is 4.59. The molecule has 0 saturated heterocycles. The molecule has 0 spiro atoms. The fourth-order valence-electron chi connectivity index (χ4n) is 1.96. The maximum absolute atomic E-state index is 12.2. The SMILES string of the molecule is O=C(Nc1nc(C2CC2)cs1)c1csc(-c2cccs2)n1. The Hall–Kier alpha value is -1.57. The van der Waals surface area contributed by atoms with Crippen molar-refractivity contribution in [1.29, 1.82) is 0 Å². The summed E-state index contributed by atoms with van der Waals surface area (Å²) in [6, 6.07) is 3.99. The summed E-state index contributed by atoms with van der Waals surface area (Å²) in [6.45, 7) is 0. The molecule has 21 heavy (non-hydrogen) atoms. The van der Waals surface area contributed by atoms with Crippen molar-refractivity contribution < 1.29 is 4.79 Å². The second-order valence-electron chi connectivity index (χ2n) is 4.82. The van der Waals surface area contributed by atoms with Gasteiger partial charge in [0.25, 0.3) is 5.91 Å². The number of carbonyl (C=O) groups is 1. The molecule has 1 saturated carbocycles. The van der Waals surface area contributed by atoms with Crippen LogP contribution in [-0.2, 0) is 0 Å². The third-order valence-electron chi connectivity index (χ3n) is 3.21. The van der Waals surface area contributed by atoms with Gasteiger partial charge in [-0.25, -0.2) is 9.97 Å². The molecular weight excluding hydrogens is 322 g/mol. The van der Waals surface area contributed by atoms with Crippen LogP contribution in [0.2, 0.25) is 0 Å². The smallest absolute Gasteiger partial charge is 0.276 e. The second kappa shape index (κ2) is 5.32. The van der Waals surface area contributed by atoms with Gasteiger partial charge in [0, 0.05) is 16.7 Å². The zero-order chi connectivity index (χ0) is 14.2. The van der Waals surface area contributed by atoms with Crippen LogP contribution >= 0.6 is 34.0 Å². The topological polar surface area (TPSA) is 54.9 Å². The van der Waals surface area contributed by atoms with Crippen LogP contribution < -0.4 is 5.32 Å². The lowest BCUT2D eigenvalue weighted by atomic mass is 10.3. The number of carbonyl (C=O) groups excluding carboxylic acids is 1. The van der Waals surface area contributed by atoms with Gasteiger partial charge in [-0.15, -0.1) is 34.0 Å². The lowest BCUT2D eigenvalue weighted by molar-refractivity contribution is 0.102. The Morgan fingerprint density at radius 2 is 2.10 bits per heavy atom. The van der Waals surface area contributed by atoms with Crippen molar-refractivity contribution in [2.75, 3.05) is 5.32 Å². The lowest BCUT2D eigenvalue weighted by Gasteiger charge is -1.97. The summed E-state index contributed by atoms with van der Waals surface area (Å²) in [5.41, 5.74) is 1.56. The monoisotopic (exact) mass is 333 g/mol. The highest BCUT2D eigenvalue weighted by molar-refractivity contribution is 7.20. The van der Waals surface area contributed by atoms with Crippen molar-refractivity contribution >= 4 is 45.0 Å². The maximum atomic E-state index is 12.2. The summed E-state index contributed by atoms with van der Waals surface area (Å²) in [5, 5.41) is 10.2. The molecule has 0 atom stereocenters. The van der Waals surface area contributed by atoms with Crippen LogP contribution in [0.3, 0.4) is 0 Å². The average Bonchev–Trinajstić information content (AvgIpc) is 2.94. The molecule has 3 heterocycles. The minimum Gasteiger partial charge on any atom is -0.296 e. The molecule has 106 valence electrons. The molecule has 1 aliphatic rings. The van der Waals surface area contributed by atoms with E-state index >= 15 is 0 Å². The van der Waals surface area contributed by atoms with Gasteiger partial charge in [0.1, 0.15) is 10.7 Å². The fourth-order valence-corrected chi connectivity index (χ4v) is 4.36. The molecule has 1 fully saturated rings. The summed E-state index contributed by atoms with van der Waals surface area (Å²) < 4.78 is 0. The Kier molecular flexibility index (Phi) is 3.33. The van der Waals surface area contributed by atoms with E-state index in [1.807, 2.05) is 22.9 Å². The highest BCUT2D eigenvalue weighted by atomic mass is 32.1. The Balaban J connectivity index is 1.49. The van der Waals surface area contributed by atoms with Crippen molar-refractivity contribution in [3.63, 3.8) is 0 Å². The molecule has 7 heteroatoms. The first kappa shape index (κ1) is 13.1. The van der Waals surface area contributed by atoms with Crippen molar-refractivity contribution in [2.45, 2.75) is 18.8 Å². The number of nitrogens with one attached hydrogen (secondary N) is 1. The zero-order valence-electron chi connectivity index (χ0n) is 10.9. The van der Waals surface area contributed by atoms with Gasteiger partial charge in [0.15, 0.2) is 5.13 Å². The highest BCUT2D eigenvalue weighted by Crippen LogP contribution is 2.40. The normalized spacial score (nSPS) is 14.3. The van der Waals surface area contributed by atoms with E-state index in [-0.39, 0.29) is 5.91 Å². The molecule has 1 aliphatic carbocycles.